The van der Waals surface area contributed by atoms with Crippen LogP contribution in [0, 0.1) is 0 Å². The highest BCUT2D eigenvalue weighted by molar-refractivity contribution is 7.07. The van der Waals surface area contributed by atoms with Crippen molar-refractivity contribution in [2.45, 2.75) is 13.0 Å². The molecule has 166 valence electrons. The molecule has 0 saturated heterocycles. The minimum absolute atomic E-state index is 0.102. The van der Waals surface area contributed by atoms with Crippen molar-refractivity contribution >= 4 is 23.4 Å². The first-order valence-corrected chi connectivity index (χ1v) is 10.7. The van der Waals surface area contributed by atoms with Crippen LogP contribution in [0.1, 0.15) is 24.3 Å². The summed E-state index contributed by atoms with van der Waals surface area (Å²) in [5.74, 6) is 0.694. The fourth-order valence-electron chi connectivity index (χ4n) is 3.48. The van der Waals surface area contributed by atoms with Crippen molar-refractivity contribution < 1.29 is 23.4 Å². The molecule has 0 amide bonds. The van der Waals surface area contributed by atoms with E-state index in [0.717, 1.165) is 5.56 Å². The van der Waals surface area contributed by atoms with Gasteiger partial charge in [-0.3, -0.25) is 9.36 Å². The van der Waals surface area contributed by atoms with Crippen LogP contribution in [0.25, 0.3) is 6.08 Å². The molecule has 1 aliphatic rings. The number of esters is 1. The summed E-state index contributed by atoms with van der Waals surface area (Å²) in [7, 11) is 3.11. The number of carbonyl (C=O) groups is 1. The van der Waals surface area contributed by atoms with Gasteiger partial charge >= 0.3 is 5.97 Å². The third-order valence-corrected chi connectivity index (χ3v) is 5.99. The van der Waals surface area contributed by atoms with Gasteiger partial charge in [0.1, 0.15) is 18.1 Å². The van der Waals surface area contributed by atoms with Gasteiger partial charge in [-0.2, -0.15) is 0 Å². The molecule has 0 fully saturated rings. The Kier molecular flexibility index (Phi) is 6.38. The number of ether oxygens (including phenoxy) is 3. The third kappa shape index (κ3) is 4.17. The van der Waals surface area contributed by atoms with E-state index in [9.17, 15) is 9.59 Å². The molecule has 3 heterocycles. The average Bonchev–Trinajstić information content (AvgIpc) is 3.41. The lowest BCUT2D eigenvalue weighted by atomic mass is 9.96. The Morgan fingerprint density at radius 1 is 1.22 bits per heavy atom. The summed E-state index contributed by atoms with van der Waals surface area (Å²) in [6.07, 6.45) is 3.21. The lowest BCUT2D eigenvalue weighted by molar-refractivity contribution is -0.140. The highest BCUT2D eigenvalue weighted by atomic mass is 32.1. The maximum absolute atomic E-state index is 13.4. The standard InChI is InChI=1S/C23H22N2O6S/c1-14-19(22(27)31-12-11-28-2)20(15-6-8-16(29-3)9-7-15)25-21(26)18(32-23(25)24-14)13-17-5-4-10-30-17/h4-10,13,20H,11-12H2,1-3H3/b18-13+/t20-/m1/s1. The van der Waals surface area contributed by atoms with E-state index in [-0.39, 0.29) is 18.8 Å². The molecule has 0 saturated carbocycles. The van der Waals surface area contributed by atoms with Crippen molar-refractivity contribution in [3.63, 3.8) is 0 Å². The zero-order valence-electron chi connectivity index (χ0n) is 17.9. The van der Waals surface area contributed by atoms with Crippen molar-refractivity contribution in [3.8, 4) is 5.75 Å². The van der Waals surface area contributed by atoms with Crippen molar-refractivity contribution in [1.82, 2.24) is 4.57 Å². The minimum atomic E-state index is -0.689. The van der Waals surface area contributed by atoms with Gasteiger partial charge in [-0.1, -0.05) is 23.5 Å². The molecule has 0 radical (unpaired) electrons. The molecular weight excluding hydrogens is 432 g/mol. The van der Waals surface area contributed by atoms with Crippen LogP contribution in [-0.4, -0.2) is 38.0 Å². The van der Waals surface area contributed by atoms with Gasteiger partial charge in [-0.05, 0) is 36.8 Å². The van der Waals surface area contributed by atoms with Crippen LogP contribution in [0.5, 0.6) is 5.75 Å². The van der Waals surface area contributed by atoms with Crippen LogP contribution >= 0.6 is 11.3 Å². The largest absolute Gasteiger partial charge is 0.497 e. The summed E-state index contributed by atoms with van der Waals surface area (Å²) < 4.78 is 23.0. The second-order valence-corrected chi connectivity index (χ2v) is 8.01. The normalized spacial score (nSPS) is 16.0. The van der Waals surface area contributed by atoms with Crippen LogP contribution in [0.2, 0.25) is 0 Å². The maximum Gasteiger partial charge on any atom is 0.338 e. The fourth-order valence-corrected chi connectivity index (χ4v) is 4.51. The van der Waals surface area contributed by atoms with Gasteiger partial charge in [0.15, 0.2) is 4.80 Å². The van der Waals surface area contributed by atoms with Crippen molar-refractivity contribution in [3.05, 3.63) is 84.9 Å². The number of carbonyl (C=O) groups excluding carboxylic acids is 1. The SMILES string of the molecule is COCCOC(=O)C1=C(C)N=c2s/c(=C/c3ccco3)c(=O)n2[C@@H]1c1ccc(OC)cc1. The summed E-state index contributed by atoms with van der Waals surface area (Å²) in [6.45, 7) is 2.12. The second-order valence-electron chi connectivity index (χ2n) is 7.00. The molecule has 0 aliphatic carbocycles. The predicted molar refractivity (Wildman–Crippen MR) is 118 cm³/mol. The van der Waals surface area contributed by atoms with Gasteiger partial charge in [-0.25, -0.2) is 9.79 Å². The summed E-state index contributed by atoms with van der Waals surface area (Å²) in [5, 5.41) is 0. The number of thiazole rings is 1. The quantitative estimate of drug-likeness (QED) is 0.401. The second kappa shape index (κ2) is 9.37. The van der Waals surface area contributed by atoms with Gasteiger partial charge in [0, 0.05) is 13.2 Å². The molecule has 0 spiro atoms. The Morgan fingerprint density at radius 3 is 2.66 bits per heavy atom. The van der Waals surface area contributed by atoms with Crippen LogP contribution in [0.4, 0.5) is 0 Å². The van der Waals surface area contributed by atoms with E-state index in [1.807, 2.05) is 12.1 Å². The van der Waals surface area contributed by atoms with Crippen LogP contribution < -0.4 is 19.6 Å². The van der Waals surface area contributed by atoms with Crippen molar-refractivity contribution in [2.75, 3.05) is 27.4 Å². The molecule has 32 heavy (non-hydrogen) atoms. The van der Waals surface area contributed by atoms with E-state index < -0.39 is 12.0 Å². The smallest absolute Gasteiger partial charge is 0.338 e. The van der Waals surface area contributed by atoms with E-state index >= 15 is 0 Å². The van der Waals surface area contributed by atoms with E-state index in [1.165, 1.54) is 23.0 Å². The predicted octanol–water partition coefficient (Wildman–Crippen LogP) is 2.03. The molecule has 0 unspecified atom stereocenters. The lowest BCUT2D eigenvalue weighted by Crippen LogP contribution is -2.40. The summed E-state index contributed by atoms with van der Waals surface area (Å²) in [4.78, 5) is 31.5. The maximum atomic E-state index is 13.4. The fraction of sp³-hybridized carbons (Fsp3) is 0.261. The third-order valence-electron chi connectivity index (χ3n) is 5.01. The molecular formula is C23H22N2O6S. The summed E-state index contributed by atoms with van der Waals surface area (Å²) in [5.41, 5.74) is 1.28. The van der Waals surface area contributed by atoms with Crippen molar-refractivity contribution in [1.29, 1.82) is 0 Å². The molecule has 0 bridgehead atoms. The molecule has 1 aliphatic heterocycles. The van der Waals surface area contributed by atoms with Crippen LogP contribution in [-0.2, 0) is 14.3 Å². The highest BCUT2D eigenvalue weighted by Gasteiger charge is 2.33. The molecule has 1 atom stereocenters. The van der Waals surface area contributed by atoms with Gasteiger partial charge in [0.2, 0.25) is 0 Å². The highest BCUT2D eigenvalue weighted by Crippen LogP contribution is 2.31. The number of hydrogen-bond donors (Lipinski definition) is 0. The van der Waals surface area contributed by atoms with Gasteiger partial charge < -0.3 is 18.6 Å². The Hall–Kier alpha value is -3.43. The number of rotatable bonds is 7. The number of aromatic nitrogens is 1. The number of benzene rings is 1. The Bertz CT molecular complexity index is 1320. The first-order valence-electron chi connectivity index (χ1n) is 9.89. The van der Waals surface area contributed by atoms with E-state index in [2.05, 4.69) is 4.99 Å². The topological polar surface area (TPSA) is 92.3 Å². The average molecular weight is 455 g/mol. The molecule has 0 N–H and O–H groups in total. The number of hydrogen-bond acceptors (Lipinski definition) is 8. The molecule has 1 aromatic carbocycles. The van der Waals surface area contributed by atoms with Gasteiger partial charge in [0.05, 0.1) is 41.8 Å². The Morgan fingerprint density at radius 2 is 2.00 bits per heavy atom. The van der Waals surface area contributed by atoms with E-state index in [4.69, 9.17) is 18.6 Å². The van der Waals surface area contributed by atoms with Crippen LogP contribution in [0.3, 0.4) is 0 Å². The van der Waals surface area contributed by atoms with Gasteiger partial charge in [-0.15, -0.1) is 0 Å². The summed E-state index contributed by atoms with van der Waals surface area (Å²) in [6, 6.07) is 10.1. The molecule has 8 nitrogen and oxygen atoms in total. The van der Waals surface area contributed by atoms with E-state index in [0.29, 0.717) is 32.1 Å². The molecule has 2 aromatic heterocycles. The lowest BCUT2D eigenvalue weighted by Gasteiger charge is -2.25. The van der Waals surface area contributed by atoms with Gasteiger partial charge in [0.25, 0.3) is 5.56 Å². The zero-order chi connectivity index (χ0) is 22.7. The number of nitrogens with zero attached hydrogens (tertiary/aromatic N) is 2. The number of allylic oxidation sites excluding steroid dienone is 1. The van der Waals surface area contributed by atoms with E-state index in [1.54, 1.807) is 50.6 Å². The first-order chi connectivity index (χ1) is 15.5. The zero-order valence-corrected chi connectivity index (χ0v) is 18.7. The first kappa shape index (κ1) is 21.8. The monoisotopic (exact) mass is 454 g/mol. The summed E-state index contributed by atoms with van der Waals surface area (Å²) >= 11 is 1.24. The van der Waals surface area contributed by atoms with Crippen molar-refractivity contribution in [2.24, 2.45) is 4.99 Å². The number of methoxy groups -OCH3 is 2. The van der Waals surface area contributed by atoms with Crippen LogP contribution in [0.15, 0.2) is 68.1 Å². The molecule has 9 heteroatoms. The number of fused-ring (bicyclic) bond motifs is 1. The Balaban J connectivity index is 1.88. The number of furan rings is 1. The Labute approximate surface area is 187 Å². The molecule has 4 rings (SSSR count). The minimum Gasteiger partial charge on any atom is -0.497 e. The molecule has 3 aromatic rings.